The van der Waals surface area contributed by atoms with E-state index in [2.05, 4.69) is 9.88 Å². The Morgan fingerprint density at radius 2 is 2.12 bits per heavy atom. The normalized spacial score (nSPS) is 17.4. The van der Waals surface area contributed by atoms with Gasteiger partial charge in [0.1, 0.15) is 0 Å². The number of pyridine rings is 1. The van der Waals surface area contributed by atoms with Crippen LogP contribution in [0.4, 0.5) is 0 Å². The third-order valence-electron chi connectivity index (χ3n) is 3.05. The van der Waals surface area contributed by atoms with E-state index in [1.807, 2.05) is 18.2 Å². The molecule has 1 aromatic rings. The molecule has 17 heavy (non-hydrogen) atoms. The van der Waals surface area contributed by atoms with Gasteiger partial charge < -0.3 is 17.5 Å². The predicted molar refractivity (Wildman–Crippen MR) is 59.9 cm³/mol. The summed E-state index contributed by atoms with van der Waals surface area (Å²) in [5.74, 6) is -0.808. The van der Waals surface area contributed by atoms with E-state index >= 15 is 0 Å². The molecule has 4 nitrogen and oxygen atoms in total. The first-order valence-electron chi connectivity index (χ1n) is 5.61. The second-order valence-electron chi connectivity index (χ2n) is 4.21. The molecule has 1 aliphatic rings. The van der Waals surface area contributed by atoms with Crippen LogP contribution in [0.5, 0.6) is 0 Å². The second kappa shape index (κ2) is 6.57. The van der Waals surface area contributed by atoms with Crippen molar-refractivity contribution in [1.29, 1.82) is 0 Å². The lowest BCUT2D eigenvalue weighted by atomic mass is 9.97. The Labute approximate surface area is 107 Å². The van der Waals surface area contributed by atoms with E-state index in [1.54, 1.807) is 6.20 Å². The van der Waals surface area contributed by atoms with E-state index in [0.717, 1.165) is 38.2 Å². The molecule has 0 bridgehead atoms. The third-order valence-corrected chi connectivity index (χ3v) is 3.05. The number of hydrogen-bond donors (Lipinski definition) is 1. The monoisotopic (exact) mass is 255 g/mol. The van der Waals surface area contributed by atoms with Crippen LogP contribution >= 0.6 is 0 Å². The Balaban J connectivity index is 0.00000144. The number of rotatable bonds is 3. The molecule has 0 spiro atoms. The van der Waals surface area contributed by atoms with Crippen molar-refractivity contribution in [3.05, 3.63) is 30.1 Å². The van der Waals surface area contributed by atoms with Crippen LogP contribution in [0.3, 0.4) is 0 Å². The number of halogens is 1. The quantitative estimate of drug-likeness (QED) is 0.706. The molecule has 1 fully saturated rings. The van der Waals surface area contributed by atoms with E-state index in [0.29, 0.717) is 0 Å². The smallest absolute Gasteiger partial charge is 0.306 e. The highest BCUT2D eigenvalue weighted by molar-refractivity contribution is 5.70. The molecule has 0 atom stereocenters. The zero-order valence-electron chi connectivity index (χ0n) is 9.55. The van der Waals surface area contributed by atoms with Crippen molar-refractivity contribution in [2.75, 3.05) is 13.1 Å². The van der Waals surface area contributed by atoms with Crippen LogP contribution in [0.1, 0.15) is 18.5 Å². The molecule has 2 rings (SSSR count). The lowest BCUT2D eigenvalue weighted by Gasteiger charge is -2.29. The van der Waals surface area contributed by atoms with Crippen molar-refractivity contribution in [3.8, 4) is 0 Å². The van der Waals surface area contributed by atoms with Gasteiger partial charge in [0.15, 0.2) is 0 Å². The number of likely N-dealkylation sites (tertiary alicyclic amines) is 1. The van der Waals surface area contributed by atoms with Gasteiger partial charge >= 0.3 is 5.97 Å². The van der Waals surface area contributed by atoms with Gasteiger partial charge in [-0.2, -0.15) is 0 Å². The summed E-state index contributed by atoms with van der Waals surface area (Å²) in [5.41, 5.74) is 1.05. The maximum absolute atomic E-state index is 10.8. The molecule has 2 heterocycles. The van der Waals surface area contributed by atoms with Crippen molar-refractivity contribution in [1.82, 2.24) is 9.88 Å². The highest BCUT2D eigenvalue weighted by Crippen LogP contribution is 2.18. The molecule has 1 aliphatic heterocycles. The minimum Gasteiger partial charge on any atom is -1.00 e. The van der Waals surface area contributed by atoms with Crippen LogP contribution < -0.4 is 12.4 Å². The zero-order chi connectivity index (χ0) is 11.4. The minimum absolute atomic E-state index is 0. The van der Waals surface area contributed by atoms with Crippen molar-refractivity contribution in [2.24, 2.45) is 5.92 Å². The van der Waals surface area contributed by atoms with Crippen molar-refractivity contribution < 1.29 is 22.3 Å². The summed E-state index contributed by atoms with van der Waals surface area (Å²) in [4.78, 5) is 17.3. The van der Waals surface area contributed by atoms with Crippen LogP contribution in [0.25, 0.3) is 0 Å². The molecule has 0 unspecified atom stereocenters. The van der Waals surface area contributed by atoms with Crippen LogP contribution in [0, 0.1) is 5.92 Å². The SMILES string of the molecule is O=C(O)C1CCN(Cc2ccccn2)CC1.[Cl-]. The molecular weight excluding hydrogens is 240 g/mol. The number of aromatic nitrogens is 1. The average molecular weight is 256 g/mol. The predicted octanol–water partition coefficient (Wildman–Crippen LogP) is -1.62. The molecule has 1 N–H and O–H groups in total. The van der Waals surface area contributed by atoms with Crippen molar-refractivity contribution in [2.45, 2.75) is 19.4 Å². The van der Waals surface area contributed by atoms with E-state index in [1.165, 1.54) is 0 Å². The topological polar surface area (TPSA) is 53.4 Å². The number of hydrogen-bond acceptors (Lipinski definition) is 3. The fourth-order valence-corrected chi connectivity index (χ4v) is 2.06. The maximum atomic E-state index is 10.8. The van der Waals surface area contributed by atoms with Crippen LogP contribution in [0.2, 0.25) is 0 Å². The van der Waals surface area contributed by atoms with Gasteiger partial charge in [0.25, 0.3) is 0 Å². The molecule has 0 amide bonds. The van der Waals surface area contributed by atoms with E-state index in [-0.39, 0.29) is 18.3 Å². The number of carboxylic acids is 1. The Kier molecular flexibility index (Phi) is 5.38. The van der Waals surface area contributed by atoms with Gasteiger partial charge in [0, 0.05) is 12.7 Å². The van der Waals surface area contributed by atoms with Crippen LogP contribution in [0.15, 0.2) is 24.4 Å². The highest BCUT2D eigenvalue weighted by atomic mass is 35.5. The molecule has 94 valence electrons. The molecule has 0 aromatic carbocycles. The Bertz CT molecular complexity index is 351. The second-order valence-corrected chi connectivity index (χ2v) is 4.21. The standard InChI is InChI=1S/C12H16N2O2.ClH/c15-12(16)10-4-7-14(8-5-10)9-11-3-1-2-6-13-11;/h1-3,6,10H,4-5,7-9H2,(H,15,16);1H/p-1. The Morgan fingerprint density at radius 1 is 1.41 bits per heavy atom. The Morgan fingerprint density at radius 3 is 2.65 bits per heavy atom. The number of piperidine rings is 1. The number of carboxylic acid groups (broad SMARTS) is 1. The fraction of sp³-hybridized carbons (Fsp3) is 0.500. The first kappa shape index (κ1) is 13.9. The van der Waals surface area contributed by atoms with Gasteiger partial charge in [-0.05, 0) is 38.1 Å². The van der Waals surface area contributed by atoms with Crippen LogP contribution in [-0.4, -0.2) is 34.0 Å². The molecule has 1 aromatic heterocycles. The van der Waals surface area contributed by atoms with E-state index < -0.39 is 5.97 Å². The lowest BCUT2D eigenvalue weighted by molar-refractivity contribution is -0.143. The third kappa shape index (κ3) is 3.98. The maximum Gasteiger partial charge on any atom is 0.306 e. The van der Waals surface area contributed by atoms with Gasteiger partial charge in [0.05, 0.1) is 11.6 Å². The molecular formula is C12H16ClN2O2-. The fourth-order valence-electron chi connectivity index (χ4n) is 2.06. The summed E-state index contributed by atoms with van der Waals surface area (Å²) >= 11 is 0. The van der Waals surface area contributed by atoms with Gasteiger partial charge in [-0.1, -0.05) is 6.07 Å². The first-order valence-corrected chi connectivity index (χ1v) is 5.61. The van der Waals surface area contributed by atoms with Crippen LogP contribution in [-0.2, 0) is 11.3 Å². The summed E-state index contributed by atoms with van der Waals surface area (Å²) in [6.07, 6.45) is 3.30. The van der Waals surface area contributed by atoms with Gasteiger partial charge in [-0.3, -0.25) is 14.7 Å². The zero-order valence-corrected chi connectivity index (χ0v) is 10.3. The largest absolute Gasteiger partial charge is 1.00 e. The van der Waals surface area contributed by atoms with Crippen molar-refractivity contribution in [3.63, 3.8) is 0 Å². The van der Waals surface area contributed by atoms with E-state index in [4.69, 9.17) is 5.11 Å². The van der Waals surface area contributed by atoms with Gasteiger partial charge in [-0.25, -0.2) is 0 Å². The molecule has 1 saturated heterocycles. The molecule has 0 saturated carbocycles. The first-order chi connectivity index (χ1) is 7.75. The van der Waals surface area contributed by atoms with Gasteiger partial charge in [0.2, 0.25) is 0 Å². The van der Waals surface area contributed by atoms with Crippen molar-refractivity contribution >= 4 is 5.97 Å². The number of nitrogens with zero attached hydrogens (tertiary/aromatic N) is 2. The minimum atomic E-state index is -0.655. The number of carbonyl (C=O) groups is 1. The number of aliphatic carboxylic acids is 1. The van der Waals surface area contributed by atoms with E-state index in [9.17, 15) is 4.79 Å². The summed E-state index contributed by atoms with van der Waals surface area (Å²) in [7, 11) is 0. The molecule has 0 radical (unpaired) electrons. The molecule has 0 aliphatic carbocycles. The van der Waals surface area contributed by atoms with Gasteiger partial charge in [-0.15, -0.1) is 0 Å². The average Bonchev–Trinajstić information content (AvgIpc) is 2.31. The summed E-state index contributed by atoms with van der Waals surface area (Å²) in [6.45, 7) is 2.54. The summed E-state index contributed by atoms with van der Waals surface area (Å²) in [6, 6.07) is 5.88. The summed E-state index contributed by atoms with van der Waals surface area (Å²) in [5, 5.41) is 8.88. The summed E-state index contributed by atoms with van der Waals surface area (Å²) < 4.78 is 0. The Hall–Kier alpha value is -1.13. The highest BCUT2D eigenvalue weighted by Gasteiger charge is 2.24. The lowest BCUT2D eigenvalue weighted by Crippen LogP contribution is -3.00. The molecule has 5 heteroatoms.